The minimum atomic E-state index is -0.720. The summed E-state index contributed by atoms with van der Waals surface area (Å²) in [6, 6.07) is 5.93. The predicted molar refractivity (Wildman–Crippen MR) is 91.8 cm³/mol. The summed E-state index contributed by atoms with van der Waals surface area (Å²) in [5.74, 6) is 0.110. The number of ether oxygens (including phenoxy) is 2. The van der Waals surface area contributed by atoms with Gasteiger partial charge in [0, 0.05) is 29.7 Å². The van der Waals surface area contributed by atoms with Crippen LogP contribution in [0.4, 0.5) is 0 Å². The van der Waals surface area contributed by atoms with Crippen molar-refractivity contribution in [2.45, 2.75) is 26.8 Å². The van der Waals surface area contributed by atoms with E-state index in [-0.39, 0.29) is 0 Å². The van der Waals surface area contributed by atoms with Gasteiger partial charge in [0.1, 0.15) is 12.4 Å². The molecule has 0 amide bonds. The van der Waals surface area contributed by atoms with Gasteiger partial charge in [0.25, 0.3) is 0 Å². The average molecular weight is 386 g/mol. The minimum absolute atomic E-state index is 0.509. The Balaban J connectivity index is 2.01. The summed E-state index contributed by atoms with van der Waals surface area (Å²) in [4.78, 5) is 13.5. The Bertz CT molecular complexity index is 551. The molecule has 1 unspecified atom stereocenters. The molecule has 1 aromatic rings. The van der Waals surface area contributed by atoms with Gasteiger partial charge < -0.3 is 14.6 Å². The van der Waals surface area contributed by atoms with Gasteiger partial charge in [-0.2, -0.15) is 0 Å². The fourth-order valence-corrected chi connectivity index (χ4v) is 3.18. The highest BCUT2D eigenvalue weighted by Crippen LogP contribution is 2.33. The van der Waals surface area contributed by atoms with Crippen LogP contribution in [0.3, 0.4) is 0 Å². The molecule has 1 N–H and O–H groups in total. The number of carboxylic acids is 1. The Morgan fingerprint density at radius 3 is 2.87 bits per heavy atom. The van der Waals surface area contributed by atoms with Gasteiger partial charge in [-0.05, 0) is 45.0 Å². The zero-order valence-corrected chi connectivity index (χ0v) is 15.3. The van der Waals surface area contributed by atoms with Gasteiger partial charge in [-0.25, -0.2) is 0 Å². The van der Waals surface area contributed by atoms with Crippen molar-refractivity contribution < 1.29 is 19.4 Å². The first-order valence-corrected chi connectivity index (χ1v) is 8.68. The summed E-state index contributed by atoms with van der Waals surface area (Å²) in [5.41, 5.74) is 0.410. The number of hydrogen-bond donors (Lipinski definition) is 1. The third kappa shape index (κ3) is 4.93. The number of halogens is 1. The van der Waals surface area contributed by atoms with Gasteiger partial charge in [0.15, 0.2) is 0 Å². The fourth-order valence-electron chi connectivity index (χ4n) is 2.77. The fraction of sp³-hybridized carbons (Fsp3) is 0.588. The first-order valence-electron chi connectivity index (χ1n) is 7.89. The zero-order chi connectivity index (χ0) is 16.9. The molecule has 0 aliphatic carbocycles. The van der Waals surface area contributed by atoms with Crippen LogP contribution in [0.25, 0.3) is 0 Å². The maximum absolute atomic E-state index is 11.4. The van der Waals surface area contributed by atoms with Gasteiger partial charge in [0.05, 0.1) is 12.0 Å². The lowest BCUT2D eigenvalue weighted by Crippen LogP contribution is -2.31. The highest BCUT2D eigenvalue weighted by atomic mass is 79.9. The third-order valence-electron chi connectivity index (χ3n) is 4.17. The molecule has 1 aliphatic rings. The van der Waals surface area contributed by atoms with Crippen LogP contribution in [-0.2, 0) is 16.1 Å². The molecule has 0 aromatic heterocycles. The van der Waals surface area contributed by atoms with E-state index in [0.717, 1.165) is 22.3 Å². The van der Waals surface area contributed by atoms with Crippen molar-refractivity contribution >= 4 is 21.9 Å². The van der Waals surface area contributed by atoms with E-state index in [4.69, 9.17) is 9.47 Å². The van der Waals surface area contributed by atoms with E-state index in [9.17, 15) is 9.90 Å². The van der Waals surface area contributed by atoms with Gasteiger partial charge in [-0.15, -0.1) is 0 Å². The molecule has 128 valence electrons. The standard InChI is InChI=1S/C17H24BrNO4/c1-3-22-8-9-23-15-5-4-14(18)10-13(15)11-19-7-6-17(2,12-19)16(20)21/h4-5,10H,3,6-9,11-12H2,1-2H3,(H,20,21). The smallest absolute Gasteiger partial charge is 0.310 e. The van der Waals surface area contributed by atoms with Crippen molar-refractivity contribution in [3.05, 3.63) is 28.2 Å². The van der Waals surface area contributed by atoms with Gasteiger partial charge in [0.2, 0.25) is 0 Å². The molecule has 0 bridgehead atoms. The minimum Gasteiger partial charge on any atom is -0.491 e. The second-order valence-electron chi connectivity index (χ2n) is 6.12. The molecule has 1 saturated heterocycles. The van der Waals surface area contributed by atoms with Crippen LogP contribution >= 0.6 is 15.9 Å². The number of aliphatic carboxylic acids is 1. The van der Waals surface area contributed by atoms with Crippen molar-refractivity contribution in [3.63, 3.8) is 0 Å². The van der Waals surface area contributed by atoms with Gasteiger partial charge in [-0.1, -0.05) is 15.9 Å². The normalized spacial score (nSPS) is 21.5. The van der Waals surface area contributed by atoms with E-state index in [2.05, 4.69) is 20.8 Å². The van der Waals surface area contributed by atoms with Crippen molar-refractivity contribution in [3.8, 4) is 5.75 Å². The van der Waals surface area contributed by atoms with Crippen LogP contribution in [-0.4, -0.2) is 48.9 Å². The number of carboxylic acid groups (broad SMARTS) is 1. The summed E-state index contributed by atoms with van der Waals surface area (Å²) >= 11 is 3.49. The number of rotatable bonds is 8. The van der Waals surface area contributed by atoms with E-state index in [1.165, 1.54) is 0 Å². The highest BCUT2D eigenvalue weighted by molar-refractivity contribution is 9.10. The van der Waals surface area contributed by atoms with E-state index in [0.29, 0.717) is 39.3 Å². The number of carbonyl (C=O) groups is 1. The first kappa shape index (κ1) is 18.2. The summed E-state index contributed by atoms with van der Waals surface area (Å²) in [6.45, 7) is 7.56. The van der Waals surface area contributed by atoms with Crippen LogP contribution < -0.4 is 4.74 Å². The molecule has 1 atom stereocenters. The first-order chi connectivity index (χ1) is 10.9. The van der Waals surface area contributed by atoms with Crippen molar-refractivity contribution in [1.29, 1.82) is 0 Å². The highest BCUT2D eigenvalue weighted by Gasteiger charge is 2.40. The summed E-state index contributed by atoms with van der Waals surface area (Å²) in [5, 5.41) is 9.35. The second kappa shape index (κ2) is 8.13. The lowest BCUT2D eigenvalue weighted by Gasteiger charge is -2.21. The number of hydrogen-bond acceptors (Lipinski definition) is 4. The van der Waals surface area contributed by atoms with Crippen LogP contribution in [0.15, 0.2) is 22.7 Å². The summed E-state index contributed by atoms with van der Waals surface area (Å²) in [6.07, 6.45) is 0.677. The topological polar surface area (TPSA) is 59.0 Å². The van der Waals surface area contributed by atoms with Gasteiger partial charge in [-0.3, -0.25) is 9.69 Å². The molecule has 5 nitrogen and oxygen atoms in total. The molecule has 6 heteroatoms. The molecule has 1 fully saturated rings. The molecule has 1 aromatic carbocycles. The van der Waals surface area contributed by atoms with Crippen molar-refractivity contribution in [2.75, 3.05) is 32.9 Å². The Labute approximate surface area is 145 Å². The zero-order valence-electron chi connectivity index (χ0n) is 13.7. The monoisotopic (exact) mass is 385 g/mol. The lowest BCUT2D eigenvalue weighted by atomic mass is 9.90. The molecule has 0 spiro atoms. The van der Waals surface area contributed by atoms with Crippen LogP contribution in [0.5, 0.6) is 5.75 Å². The van der Waals surface area contributed by atoms with E-state index in [1.807, 2.05) is 32.0 Å². The SMILES string of the molecule is CCOCCOc1ccc(Br)cc1CN1CCC(C)(C(=O)O)C1. The molecule has 1 aliphatic heterocycles. The van der Waals surface area contributed by atoms with Crippen molar-refractivity contribution in [2.24, 2.45) is 5.41 Å². The average Bonchev–Trinajstić information content (AvgIpc) is 2.88. The van der Waals surface area contributed by atoms with Crippen LogP contribution in [0, 0.1) is 5.41 Å². The Hall–Kier alpha value is -1.11. The van der Waals surface area contributed by atoms with Crippen LogP contribution in [0.2, 0.25) is 0 Å². The van der Waals surface area contributed by atoms with E-state index < -0.39 is 11.4 Å². The summed E-state index contributed by atoms with van der Waals surface area (Å²) < 4.78 is 12.1. The summed E-state index contributed by atoms with van der Waals surface area (Å²) in [7, 11) is 0. The molecule has 0 saturated carbocycles. The van der Waals surface area contributed by atoms with E-state index >= 15 is 0 Å². The largest absolute Gasteiger partial charge is 0.491 e. The Morgan fingerprint density at radius 1 is 1.43 bits per heavy atom. The maximum atomic E-state index is 11.4. The Morgan fingerprint density at radius 2 is 2.22 bits per heavy atom. The molecule has 0 radical (unpaired) electrons. The third-order valence-corrected chi connectivity index (χ3v) is 4.67. The number of nitrogens with zero attached hydrogens (tertiary/aromatic N) is 1. The number of likely N-dealkylation sites (tertiary alicyclic amines) is 1. The Kier molecular flexibility index (Phi) is 6.44. The molecular weight excluding hydrogens is 362 g/mol. The number of benzene rings is 1. The van der Waals surface area contributed by atoms with Gasteiger partial charge >= 0.3 is 5.97 Å². The quantitative estimate of drug-likeness (QED) is 0.696. The van der Waals surface area contributed by atoms with Crippen molar-refractivity contribution in [1.82, 2.24) is 4.90 Å². The second-order valence-corrected chi connectivity index (χ2v) is 7.04. The molecule has 1 heterocycles. The molecular formula is C17H24BrNO4. The van der Waals surface area contributed by atoms with E-state index in [1.54, 1.807) is 0 Å². The van der Waals surface area contributed by atoms with Crippen LogP contribution in [0.1, 0.15) is 25.8 Å². The lowest BCUT2D eigenvalue weighted by molar-refractivity contribution is -0.147. The molecule has 2 rings (SSSR count). The molecule has 23 heavy (non-hydrogen) atoms. The maximum Gasteiger partial charge on any atom is 0.310 e. The predicted octanol–water partition coefficient (Wildman–Crippen LogP) is 3.16.